The number of nitrogens with zero attached hydrogens (tertiary/aromatic N) is 1. The number of rotatable bonds is 3. The molecule has 0 aliphatic carbocycles. The van der Waals surface area contributed by atoms with Crippen LogP contribution in [0.3, 0.4) is 0 Å². The van der Waals surface area contributed by atoms with Gasteiger partial charge in [-0.3, -0.25) is 0 Å². The Morgan fingerprint density at radius 3 is 2.93 bits per heavy atom. The summed E-state index contributed by atoms with van der Waals surface area (Å²) in [6, 6.07) is 10.3. The van der Waals surface area contributed by atoms with E-state index < -0.39 is 0 Å². The molecule has 0 radical (unpaired) electrons. The fraction of sp³-hybridized carbons (Fsp3) is 0.154. The summed E-state index contributed by atoms with van der Waals surface area (Å²) in [5.74, 6) is 0.871. The van der Waals surface area contributed by atoms with E-state index in [9.17, 15) is 0 Å². The molecular weight excluding hydrogens is 186 g/mol. The zero-order valence-electron chi connectivity index (χ0n) is 8.73. The van der Waals surface area contributed by atoms with E-state index in [1.807, 2.05) is 6.07 Å². The Bertz CT molecular complexity index is 471. The predicted molar refractivity (Wildman–Crippen MR) is 60.6 cm³/mol. The molecule has 2 aromatic rings. The number of aryl methyl sites for hydroxylation is 1. The van der Waals surface area contributed by atoms with Gasteiger partial charge in [0.2, 0.25) is 0 Å². The summed E-state index contributed by atoms with van der Waals surface area (Å²) in [6.07, 6.45) is 2.46. The molecule has 0 unspecified atom stereocenters. The van der Waals surface area contributed by atoms with Gasteiger partial charge in [0.15, 0.2) is 0 Å². The predicted octanol–water partition coefficient (Wildman–Crippen LogP) is 3.22. The van der Waals surface area contributed by atoms with Gasteiger partial charge in [0, 0.05) is 12.5 Å². The molecule has 1 aromatic heterocycles. The topological polar surface area (TPSA) is 26.0 Å². The van der Waals surface area contributed by atoms with Crippen molar-refractivity contribution in [2.24, 2.45) is 0 Å². The highest BCUT2D eigenvalue weighted by Gasteiger charge is 2.02. The summed E-state index contributed by atoms with van der Waals surface area (Å²) in [4.78, 5) is 0. The fourth-order valence-corrected chi connectivity index (χ4v) is 1.53. The summed E-state index contributed by atoms with van der Waals surface area (Å²) >= 11 is 0. The van der Waals surface area contributed by atoms with E-state index in [1.165, 1.54) is 11.1 Å². The van der Waals surface area contributed by atoms with Crippen molar-refractivity contribution in [1.29, 1.82) is 0 Å². The van der Waals surface area contributed by atoms with Crippen LogP contribution in [0.2, 0.25) is 0 Å². The number of benzene rings is 1. The molecule has 0 amide bonds. The average molecular weight is 199 g/mol. The van der Waals surface area contributed by atoms with Crippen LogP contribution in [0.1, 0.15) is 22.6 Å². The second kappa shape index (κ2) is 4.13. The standard InChI is InChI=1S/C13H13NO/c1-3-12-9-13(15-14-12)8-11-6-4-5-10(2)7-11/h3-7,9H,1,8H2,2H3. The third-order valence-corrected chi connectivity index (χ3v) is 2.25. The van der Waals surface area contributed by atoms with Crippen molar-refractivity contribution in [2.75, 3.05) is 0 Å². The minimum absolute atomic E-state index is 0.780. The van der Waals surface area contributed by atoms with Crippen LogP contribution in [0.25, 0.3) is 6.08 Å². The largest absolute Gasteiger partial charge is 0.360 e. The lowest BCUT2D eigenvalue weighted by Gasteiger charge is -1.98. The van der Waals surface area contributed by atoms with Crippen molar-refractivity contribution in [3.8, 4) is 0 Å². The van der Waals surface area contributed by atoms with Gasteiger partial charge in [-0.1, -0.05) is 41.6 Å². The SMILES string of the molecule is C=Cc1cc(Cc2cccc(C)c2)on1. The maximum absolute atomic E-state index is 5.18. The third kappa shape index (κ3) is 2.34. The molecule has 2 rings (SSSR count). The molecule has 1 aromatic carbocycles. The quantitative estimate of drug-likeness (QED) is 0.758. The Morgan fingerprint density at radius 1 is 1.40 bits per heavy atom. The highest BCUT2D eigenvalue weighted by molar-refractivity contribution is 5.41. The van der Waals surface area contributed by atoms with Gasteiger partial charge in [0.05, 0.1) is 0 Å². The first kappa shape index (κ1) is 9.71. The van der Waals surface area contributed by atoms with E-state index in [4.69, 9.17) is 4.52 Å². The van der Waals surface area contributed by atoms with Crippen molar-refractivity contribution in [3.63, 3.8) is 0 Å². The van der Waals surface area contributed by atoms with Crippen LogP contribution < -0.4 is 0 Å². The van der Waals surface area contributed by atoms with Crippen LogP contribution in [0, 0.1) is 6.92 Å². The van der Waals surface area contributed by atoms with Crippen LogP contribution in [0.5, 0.6) is 0 Å². The van der Waals surface area contributed by atoms with Gasteiger partial charge in [-0.15, -0.1) is 0 Å². The molecule has 0 saturated heterocycles. The minimum atomic E-state index is 0.780. The lowest BCUT2D eigenvalue weighted by molar-refractivity contribution is 0.388. The van der Waals surface area contributed by atoms with Crippen LogP contribution in [-0.4, -0.2) is 5.16 Å². The van der Waals surface area contributed by atoms with Gasteiger partial charge in [-0.2, -0.15) is 0 Å². The molecule has 2 heteroatoms. The van der Waals surface area contributed by atoms with E-state index in [2.05, 4.69) is 42.9 Å². The van der Waals surface area contributed by atoms with Crippen molar-refractivity contribution in [1.82, 2.24) is 5.16 Å². The van der Waals surface area contributed by atoms with Gasteiger partial charge in [0.25, 0.3) is 0 Å². The van der Waals surface area contributed by atoms with Crippen LogP contribution in [0.15, 0.2) is 41.4 Å². The molecule has 0 bridgehead atoms. The van der Waals surface area contributed by atoms with E-state index in [0.717, 1.165) is 17.9 Å². The second-order valence-electron chi connectivity index (χ2n) is 3.59. The Balaban J connectivity index is 2.18. The molecule has 2 nitrogen and oxygen atoms in total. The van der Waals surface area contributed by atoms with Gasteiger partial charge < -0.3 is 4.52 Å². The first-order valence-corrected chi connectivity index (χ1v) is 4.91. The van der Waals surface area contributed by atoms with Crippen LogP contribution >= 0.6 is 0 Å². The fourth-order valence-electron chi connectivity index (χ4n) is 1.53. The Labute approximate surface area is 89.2 Å². The lowest BCUT2D eigenvalue weighted by Crippen LogP contribution is -1.85. The number of hydrogen-bond donors (Lipinski definition) is 0. The molecule has 1 heterocycles. The Hall–Kier alpha value is -1.83. The maximum Gasteiger partial charge on any atom is 0.141 e. The maximum atomic E-state index is 5.18. The van der Waals surface area contributed by atoms with Gasteiger partial charge in [-0.25, -0.2) is 0 Å². The van der Waals surface area contributed by atoms with Gasteiger partial charge in [0.1, 0.15) is 11.5 Å². The average Bonchev–Trinajstić information content (AvgIpc) is 2.65. The minimum Gasteiger partial charge on any atom is -0.360 e. The van der Waals surface area contributed by atoms with Crippen LogP contribution in [-0.2, 0) is 6.42 Å². The first-order chi connectivity index (χ1) is 7.28. The smallest absolute Gasteiger partial charge is 0.141 e. The van der Waals surface area contributed by atoms with Crippen molar-refractivity contribution >= 4 is 6.08 Å². The van der Waals surface area contributed by atoms with E-state index in [1.54, 1.807) is 6.08 Å². The number of aromatic nitrogens is 1. The number of hydrogen-bond acceptors (Lipinski definition) is 2. The molecule has 0 aliphatic rings. The summed E-state index contributed by atoms with van der Waals surface area (Å²) < 4.78 is 5.18. The summed E-state index contributed by atoms with van der Waals surface area (Å²) in [7, 11) is 0. The highest BCUT2D eigenvalue weighted by Crippen LogP contribution is 2.12. The first-order valence-electron chi connectivity index (χ1n) is 4.91. The van der Waals surface area contributed by atoms with E-state index in [-0.39, 0.29) is 0 Å². The third-order valence-electron chi connectivity index (χ3n) is 2.25. The highest BCUT2D eigenvalue weighted by atomic mass is 16.5. The molecule has 0 atom stereocenters. The van der Waals surface area contributed by atoms with Crippen molar-refractivity contribution < 1.29 is 4.52 Å². The normalized spacial score (nSPS) is 10.2. The van der Waals surface area contributed by atoms with Crippen molar-refractivity contribution in [3.05, 3.63) is 59.5 Å². The molecule has 0 spiro atoms. The molecule has 76 valence electrons. The summed E-state index contributed by atoms with van der Waals surface area (Å²) in [5.41, 5.74) is 3.29. The van der Waals surface area contributed by atoms with Crippen molar-refractivity contribution in [2.45, 2.75) is 13.3 Å². The van der Waals surface area contributed by atoms with Crippen LogP contribution in [0.4, 0.5) is 0 Å². The molecule has 15 heavy (non-hydrogen) atoms. The summed E-state index contributed by atoms with van der Waals surface area (Å²) in [5, 5.41) is 3.86. The zero-order valence-corrected chi connectivity index (χ0v) is 8.73. The van der Waals surface area contributed by atoms with Gasteiger partial charge in [-0.05, 0) is 18.6 Å². The molecule has 0 fully saturated rings. The zero-order chi connectivity index (χ0) is 10.7. The Morgan fingerprint density at radius 2 is 2.27 bits per heavy atom. The van der Waals surface area contributed by atoms with Gasteiger partial charge >= 0.3 is 0 Å². The molecule has 0 saturated carbocycles. The van der Waals surface area contributed by atoms with E-state index in [0.29, 0.717) is 0 Å². The summed E-state index contributed by atoms with van der Waals surface area (Å²) in [6.45, 7) is 5.73. The monoisotopic (exact) mass is 199 g/mol. The molecular formula is C13H13NO. The molecule has 0 N–H and O–H groups in total. The second-order valence-corrected chi connectivity index (χ2v) is 3.59. The van der Waals surface area contributed by atoms with E-state index >= 15 is 0 Å². The molecule has 0 aliphatic heterocycles. The Kier molecular flexibility index (Phi) is 2.68. The lowest BCUT2D eigenvalue weighted by atomic mass is 10.1.